The van der Waals surface area contributed by atoms with Crippen molar-refractivity contribution >= 4 is 21.8 Å². The maximum Gasteiger partial charge on any atom is 0.251 e. The monoisotopic (exact) mass is 422 g/mol. The molecular weight excluding hydrogens is 408 g/mol. The number of nitrogens with zero attached hydrogens (tertiary/aromatic N) is 5. The van der Waals surface area contributed by atoms with Crippen molar-refractivity contribution in [3.63, 3.8) is 0 Å². The molecule has 0 unspecified atom stereocenters. The van der Waals surface area contributed by atoms with E-state index in [0.29, 0.717) is 11.4 Å². The van der Waals surface area contributed by atoms with Crippen LogP contribution < -0.4 is 5.32 Å². The van der Waals surface area contributed by atoms with E-state index in [-0.39, 0.29) is 12.5 Å². The Morgan fingerprint density at radius 3 is 2.52 bits per heavy atom. The number of aromatic nitrogens is 5. The van der Waals surface area contributed by atoms with Crippen LogP contribution in [-0.2, 0) is 6.54 Å². The second-order valence-electron chi connectivity index (χ2n) is 5.81. The van der Waals surface area contributed by atoms with E-state index in [9.17, 15) is 4.79 Å². The smallest absolute Gasteiger partial charge is 0.251 e. The predicted octanol–water partition coefficient (Wildman–Crippen LogP) is 3.15. The van der Waals surface area contributed by atoms with Gasteiger partial charge in [-0.25, -0.2) is 0 Å². The largest absolute Gasteiger partial charge is 0.345 e. The summed E-state index contributed by atoms with van der Waals surface area (Å²) in [5, 5.41) is 14.6. The first kappa shape index (κ1) is 17.2. The summed E-state index contributed by atoms with van der Waals surface area (Å²) in [6, 6.07) is 18.9. The van der Waals surface area contributed by atoms with Gasteiger partial charge in [0.1, 0.15) is 0 Å². The minimum atomic E-state index is -0.183. The van der Waals surface area contributed by atoms with Crippen molar-refractivity contribution in [3.8, 4) is 11.4 Å². The van der Waals surface area contributed by atoms with Crippen LogP contribution in [0.2, 0.25) is 0 Å². The Hall–Kier alpha value is -3.26. The molecule has 2 aromatic carbocycles. The van der Waals surface area contributed by atoms with Crippen LogP contribution in [0.15, 0.2) is 77.5 Å². The number of nitrogens with one attached hydrogen (secondary N) is 1. The number of hydrogen-bond donors (Lipinski definition) is 1. The topological polar surface area (TPSA) is 77.6 Å². The molecule has 7 nitrogen and oxygen atoms in total. The molecule has 134 valence electrons. The number of benzene rings is 2. The van der Waals surface area contributed by atoms with Gasteiger partial charge >= 0.3 is 0 Å². The second kappa shape index (κ2) is 7.55. The van der Waals surface area contributed by atoms with Crippen molar-refractivity contribution in [2.75, 3.05) is 0 Å². The van der Waals surface area contributed by atoms with Gasteiger partial charge in [0, 0.05) is 28.1 Å². The highest BCUT2D eigenvalue weighted by Crippen LogP contribution is 2.15. The lowest BCUT2D eigenvalue weighted by molar-refractivity contribution is 0.0949. The van der Waals surface area contributed by atoms with Crippen molar-refractivity contribution < 1.29 is 4.79 Å². The molecule has 0 aliphatic rings. The van der Waals surface area contributed by atoms with Crippen LogP contribution in [0.3, 0.4) is 0 Å². The maximum absolute atomic E-state index is 12.4. The zero-order chi connectivity index (χ0) is 18.6. The van der Waals surface area contributed by atoms with E-state index < -0.39 is 0 Å². The van der Waals surface area contributed by atoms with Crippen LogP contribution in [0.25, 0.3) is 11.4 Å². The normalized spacial score (nSPS) is 10.7. The first-order valence-electron chi connectivity index (χ1n) is 8.25. The lowest BCUT2D eigenvalue weighted by Crippen LogP contribution is -2.24. The van der Waals surface area contributed by atoms with Crippen LogP contribution in [0.4, 0.5) is 0 Å². The van der Waals surface area contributed by atoms with Gasteiger partial charge in [0.25, 0.3) is 5.91 Å². The average Bonchev–Trinajstić information content (AvgIpc) is 3.38. The molecule has 0 radical (unpaired) electrons. The van der Waals surface area contributed by atoms with E-state index in [4.69, 9.17) is 0 Å². The molecule has 0 spiro atoms. The highest BCUT2D eigenvalue weighted by molar-refractivity contribution is 9.10. The highest BCUT2D eigenvalue weighted by Gasteiger charge is 2.11. The third-order valence-electron chi connectivity index (χ3n) is 4.03. The summed E-state index contributed by atoms with van der Waals surface area (Å²) < 4.78 is 4.50. The molecule has 27 heavy (non-hydrogen) atoms. The highest BCUT2D eigenvalue weighted by atomic mass is 79.9. The van der Waals surface area contributed by atoms with E-state index >= 15 is 0 Å². The number of amides is 1. The van der Waals surface area contributed by atoms with E-state index in [1.165, 1.54) is 0 Å². The predicted molar refractivity (Wildman–Crippen MR) is 104 cm³/mol. The second-order valence-corrected chi connectivity index (χ2v) is 6.72. The van der Waals surface area contributed by atoms with Crippen molar-refractivity contribution in [2.24, 2.45) is 0 Å². The van der Waals surface area contributed by atoms with Crippen LogP contribution in [0.1, 0.15) is 16.2 Å². The molecule has 8 heteroatoms. The summed E-state index contributed by atoms with van der Waals surface area (Å²) in [5.74, 6) is 0.364. The number of hydrogen-bond acceptors (Lipinski definition) is 4. The zero-order valence-corrected chi connectivity index (χ0v) is 15.7. The van der Waals surface area contributed by atoms with Crippen LogP contribution in [-0.4, -0.2) is 30.7 Å². The summed E-state index contributed by atoms with van der Waals surface area (Å²) in [6.07, 6.45) is 3.91. The van der Waals surface area contributed by atoms with Gasteiger partial charge in [0.15, 0.2) is 5.82 Å². The lowest BCUT2D eigenvalue weighted by atomic mass is 10.2. The standard InChI is InChI=1S/C19H15BrN6O/c20-15-4-3-5-17(12-15)26-18(22-23-24-26)13-21-19(27)14-6-8-16(9-7-14)25-10-1-2-11-25/h1-12H,13H2,(H,21,27). The van der Waals surface area contributed by atoms with Gasteiger partial charge in [-0.05, 0) is 65.0 Å². The van der Waals surface area contributed by atoms with Gasteiger partial charge in [-0.2, -0.15) is 4.68 Å². The SMILES string of the molecule is O=C(NCc1nnnn1-c1cccc(Br)c1)c1ccc(-n2cccc2)cc1. The third-order valence-corrected chi connectivity index (χ3v) is 4.52. The number of tetrazole rings is 1. The maximum atomic E-state index is 12.4. The molecule has 0 saturated heterocycles. The Labute approximate surface area is 163 Å². The van der Waals surface area contributed by atoms with Crippen molar-refractivity contribution in [1.29, 1.82) is 0 Å². The van der Waals surface area contributed by atoms with Gasteiger partial charge in [0.05, 0.1) is 12.2 Å². The van der Waals surface area contributed by atoms with E-state index in [1.807, 2.05) is 65.5 Å². The van der Waals surface area contributed by atoms with Gasteiger partial charge in [-0.15, -0.1) is 5.10 Å². The van der Waals surface area contributed by atoms with Crippen LogP contribution in [0.5, 0.6) is 0 Å². The number of rotatable bonds is 5. The molecule has 0 aliphatic heterocycles. The molecule has 2 aromatic heterocycles. The van der Waals surface area contributed by atoms with Crippen molar-refractivity contribution in [1.82, 2.24) is 30.1 Å². The molecular formula is C19H15BrN6O. The summed E-state index contributed by atoms with van der Waals surface area (Å²) >= 11 is 3.43. The number of halogens is 1. The van der Waals surface area contributed by atoms with E-state index in [0.717, 1.165) is 15.8 Å². The van der Waals surface area contributed by atoms with Crippen LogP contribution >= 0.6 is 15.9 Å². The summed E-state index contributed by atoms with van der Waals surface area (Å²) in [4.78, 5) is 12.4. The van der Waals surface area contributed by atoms with Crippen LogP contribution in [0, 0.1) is 0 Å². The summed E-state index contributed by atoms with van der Waals surface area (Å²) in [6.45, 7) is 0.220. The fraction of sp³-hybridized carbons (Fsp3) is 0.0526. The van der Waals surface area contributed by atoms with Crippen molar-refractivity contribution in [2.45, 2.75) is 6.54 Å². The first-order valence-corrected chi connectivity index (χ1v) is 9.05. The summed E-state index contributed by atoms with van der Waals surface area (Å²) in [5.41, 5.74) is 2.39. The average molecular weight is 423 g/mol. The Morgan fingerprint density at radius 2 is 1.78 bits per heavy atom. The molecule has 0 atom stereocenters. The third kappa shape index (κ3) is 3.80. The molecule has 0 aliphatic carbocycles. The first-order chi connectivity index (χ1) is 13.2. The minimum Gasteiger partial charge on any atom is -0.345 e. The molecule has 0 fully saturated rings. The Balaban J connectivity index is 1.45. The fourth-order valence-electron chi connectivity index (χ4n) is 2.68. The van der Waals surface area contributed by atoms with Gasteiger partial charge in [-0.3, -0.25) is 4.79 Å². The quantitative estimate of drug-likeness (QED) is 0.535. The molecule has 4 aromatic rings. The van der Waals surface area contributed by atoms with Gasteiger partial charge in [-0.1, -0.05) is 22.0 Å². The van der Waals surface area contributed by atoms with E-state index in [2.05, 4.69) is 36.8 Å². The van der Waals surface area contributed by atoms with E-state index in [1.54, 1.807) is 16.8 Å². The molecule has 1 amide bonds. The molecule has 4 rings (SSSR count). The number of carbonyl (C=O) groups is 1. The Kier molecular flexibility index (Phi) is 4.80. The molecule has 1 N–H and O–H groups in total. The summed E-state index contributed by atoms with van der Waals surface area (Å²) in [7, 11) is 0. The molecule has 0 bridgehead atoms. The van der Waals surface area contributed by atoms with Gasteiger partial charge < -0.3 is 9.88 Å². The zero-order valence-electron chi connectivity index (χ0n) is 14.2. The molecule has 2 heterocycles. The Morgan fingerprint density at radius 1 is 1.00 bits per heavy atom. The Bertz CT molecular complexity index is 1060. The van der Waals surface area contributed by atoms with Gasteiger partial charge in [0.2, 0.25) is 0 Å². The lowest BCUT2D eigenvalue weighted by Gasteiger charge is -2.08. The minimum absolute atomic E-state index is 0.183. The van der Waals surface area contributed by atoms with Crippen molar-refractivity contribution in [3.05, 3.63) is 88.9 Å². The molecule has 0 saturated carbocycles. The number of carbonyl (C=O) groups excluding carboxylic acids is 1. The fourth-order valence-corrected chi connectivity index (χ4v) is 3.06.